The first-order valence-electron chi connectivity index (χ1n) is 9.04. The van der Waals surface area contributed by atoms with Crippen molar-refractivity contribution in [3.05, 3.63) is 77.4 Å². The summed E-state index contributed by atoms with van der Waals surface area (Å²) in [5.74, 6) is -0.518. The van der Waals surface area contributed by atoms with E-state index in [1.807, 2.05) is 18.3 Å². The molecular formula is C23H21FN2O. The summed E-state index contributed by atoms with van der Waals surface area (Å²) in [5.41, 5.74) is 5.95. The maximum Gasteiger partial charge on any atom is 0.256 e. The van der Waals surface area contributed by atoms with Gasteiger partial charge in [0.1, 0.15) is 5.82 Å². The van der Waals surface area contributed by atoms with Crippen LogP contribution in [0, 0.1) is 11.2 Å². The first-order valence-corrected chi connectivity index (χ1v) is 9.04. The van der Waals surface area contributed by atoms with Gasteiger partial charge < -0.3 is 5.32 Å². The van der Waals surface area contributed by atoms with E-state index in [1.165, 1.54) is 12.1 Å². The molecule has 0 bridgehead atoms. The fourth-order valence-electron chi connectivity index (χ4n) is 3.84. The van der Waals surface area contributed by atoms with Crippen LogP contribution in [0.2, 0.25) is 0 Å². The molecule has 2 aliphatic rings. The van der Waals surface area contributed by atoms with Crippen LogP contribution in [0.25, 0.3) is 17.2 Å². The van der Waals surface area contributed by atoms with E-state index in [9.17, 15) is 9.18 Å². The van der Waals surface area contributed by atoms with E-state index in [-0.39, 0.29) is 17.1 Å². The third-order valence-electron chi connectivity index (χ3n) is 5.42. The topological polar surface area (TPSA) is 42.0 Å². The van der Waals surface area contributed by atoms with Crippen molar-refractivity contribution in [2.75, 3.05) is 5.32 Å². The van der Waals surface area contributed by atoms with E-state index in [0.29, 0.717) is 11.3 Å². The number of rotatable bonds is 2. The lowest BCUT2D eigenvalue weighted by atomic mass is 9.71. The Morgan fingerprint density at radius 3 is 2.78 bits per heavy atom. The van der Waals surface area contributed by atoms with Crippen LogP contribution < -0.4 is 5.32 Å². The van der Waals surface area contributed by atoms with Crippen LogP contribution in [0.15, 0.2) is 54.8 Å². The maximum atomic E-state index is 13.5. The monoisotopic (exact) mass is 360 g/mol. The van der Waals surface area contributed by atoms with Crippen molar-refractivity contribution in [2.24, 2.45) is 5.41 Å². The highest BCUT2D eigenvalue weighted by molar-refractivity contribution is 6.32. The second-order valence-electron chi connectivity index (χ2n) is 7.66. The highest BCUT2D eigenvalue weighted by Gasteiger charge is 2.33. The molecule has 1 amide bonds. The van der Waals surface area contributed by atoms with Gasteiger partial charge in [-0.15, -0.1) is 0 Å². The number of hydrogen-bond acceptors (Lipinski definition) is 2. The molecule has 27 heavy (non-hydrogen) atoms. The Morgan fingerprint density at radius 2 is 2.07 bits per heavy atom. The Labute approximate surface area is 158 Å². The zero-order valence-corrected chi connectivity index (χ0v) is 15.5. The van der Waals surface area contributed by atoms with E-state index < -0.39 is 0 Å². The van der Waals surface area contributed by atoms with Gasteiger partial charge in [-0.05, 0) is 65.3 Å². The molecule has 1 aromatic carbocycles. The van der Waals surface area contributed by atoms with Gasteiger partial charge in [-0.3, -0.25) is 9.78 Å². The number of aromatic nitrogens is 1. The smallest absolute Gasteiger partial charge is 0.256 e. The van der Waals surface area contributed by atoms with Crippen molar-refractivity contribution in [2.45, 2.75) is 26.7 Å². The Kier molecular flexibility index (Phi) is 4.06. The standard InChI is InChI=1S/C23H21FN2O/c1-4-17-7-5-15(13-25-17)19-11-14(9-10-23(19,2)3)21-18-8-6-16(24)12-20(18)26-22(21)27/h4-8,11-13H,1,9-10H2,2-3H3,(H,26,27)/b21-14-. The molecule has 2 aromatic rings. The summed E-state index contributed by atoms with van der Waals surface area (Å²) in [5, 5.41) is 2.79. The second-order valence-corrected chi connectivity index (χ2v) is 7.66. The predicted octanol–water partition coefficient (Wildman–Crippen LogP) is 5.47. The minimum Gasteiger partial charge on any atom is -0.321 e. The van der Waals surface area contributed by atoms with Gasteiger partial charge in [0, 0.05) is 11.8 Å². The molecule has 1 N–H and O–H groups in total. The SMILES string of the molecule is C=Cc1ccc(C2=C/C(=C3\C(=O)Nc4cc(F)ccc43)CCC2(C)C)cn1. The molecule has 4 rings (SSSR count). The van der Waals surface area contributed by atoms with Gasteiger partial charge in [0.15, 0.2) is 0 Å². The Balaban J connectivity index is 1.86. The third kappa shape index (κ3) is 3.01. The molecule has 0 atom stereocenters. The summed E-state index contributed by atoms with van der Waals surface area (Å²) in [6.07, 6.45) is 7.41. The van der Waals surface area contributed by atoms with Crippen molar-refractivity contribution < 1.29 is 9.18 Å². The maximum absolute atomic E-state index is 13.5. The molecule has 0 radical (unpaired) electrons. The number of hydrogen-bond donors (Lipinski definition) is 1. The number of benzene rings is 1. The summed E-state index contributed by atoms with van der Waals surface area (Å²) >= 11 is 0. The number of allylic oxidation sites excluding steroid dienone is 3. The fraction of sp³-hybridized carbons (Fsp3) is 0.217. The normalized spacial score (nSPS) is 20.7. The summed E-state index contributed by atoms with van der Waals surface area (Å²) in [4.78, 5) is 17.0. The number of carbonyl (C=O) groups excluding carboxylic acids is 1. The van der Waals surface area contributed by atoms with Gasteiger partial charge in [0.05, 0.1) is 17.0 Å². The van der Waals surface area contributed by atoms with Gasteiger partial charge in [-0.2, -0.15) is 0 Å². The highest BCUT2D eigenvalue weighted by Crippen LogP contribution is 2.47. The van der Waals surface area contributed by atoms with Crippen molar-refractivity contribution in [1.29, 1.82) is 0 Å². The number of anilines is 1. The Bertz CT molecular complexity index is 1010. The van der Waals surface area contributed by atoms with Crippen LogP contribution in [0.3, 0.4) is 0 Å². The molecule has 3 nitrogen and oxygen atoms in total. The summed E-state index contributed by atoms with van der Waals surface area (Å²) in [6, 6.07) is 8.44. The molecule has 136 valence electrons. The minimum atomic E-state index is -0.352. The number of nitrogens with zero attached hydrogens (tertiary/aromatic N) is 1. The number of amides is 1. The van der Waals surface area contributed by atoms with Gasteiger partial charge in [-0.25, -0.2) is 4.39 Å². The van der Waals surface area contributed by atoms with Crippen LogP contribution in [0.4, 0.5) is 10.1 Å². The lowest BCUT2D eigenvalue weighted by molar-refractivity contribution is -0.110. The second kappa shape index (κ2) is 6.31. The lowest BCUT2D eigenvalue weighted by Gasteiger charge is -2.33. The van der Waals surface area contributed by atoms with E-state index in [0.717, 1.165) is 40.8 Å². The van der Waals surface area contributed by atoms with Gasteiger partial charge >= 0.3 is 0 Å². The largest absolute Gasteiger partial charge is 0.321 e. The van der Waals surface area contributed by atoms with Crippen molar-refractivity contribution in [3.8, 4) is 0 Å². The number of carbonyl (C=O) groups is 1. The quantitative estimate of drug-likeness (QED) is 0.721. The molecule has 1 aromatic heterocycles. The molecule has 1 aliphatic carbocycles. The first kappa shape index (κ1) is 17.4. The van der Waals surface area contributed by atoms with Crippen LogP contribution in [0.1, 0.15) is 43.5 Å². The zero-order chi connectivity index (χ0) is 19.2. The van der Waals surface area contributed by atoms with Crippen molar-refractivity contribution >= 4 is 28.8 Å². The molecule has 0 spiro atoms. The molecular weight excluding hydrogens is 339 g/mol. The molecule has 1 aliphatic heterocycles. The fourth-order valence-corrected chi connectivity index (χ4v) is 3.84. The van der Waals surface area contributed by atoms with Crippen LogP contribution in [-0.2, 0) is 4.79 Å². The van der Waals surface area contributed by atoms with E-state index in [4.69, 9.17) is 0 Å². The van der Waals surface area contributed by atoms with Crippen molar-refractivity contribution in [3.63, 3.8) is 0 Å². The highest BCUT2D eigenvalue weighted by atomic mass is 19.1. The molecule has 0 fully saturated rings. The number of fused-ring (bicyclic) bond motifs is 1. The van der Waals surface area contributed by atoms with Gasteiger partial charge in [0.25, 0.3) is 5.91 Å². The van der Waals surface area contributed by atoms with Crippen LogP contribution in [0.5, 0.6) is 0 Å². The summed E-state index contributed by atoms with van der Waals surface area (Å²) < 4.78 is 13.5. The summed E-state index contributed by atoms with van der Waals surface area (Å²) in [6.45, 7) is 8.16. The lowest BCUT2D eigenvalue weighted by Crippen LogP contribution is -2.19. The van der Waals surface area contributed by atoms with E-state index in [2.05, 4.69) is 36.8 Å². The number of pyridine rings is 1. The van der Waals surface area contributed by atoms with E-state index in [1.54, 1.807) is 12.1 Å². The number of nitrogens with one attached hydrogen (secondary N) is 1. The molecule has 4 heteroatoms. The first-order chi connectivity index (χ1) is 12.9. The van der Waals surface area contributed by atoms with Crippen molar-refractivity contribution in [1.82, 2.24) is 4.98 Å². The molecule has 0 unspecified atom stereocenters. The zero-order valence-electron chi connectivity index (χ0n) is 15.5. The third-order valence-corrected chi connectivity index (χ3v) is 5.42. The number of halogens is 1. The molecule has 0 saturated carbocycles. The van der Waals surface area contributed by atoms with E-state index >= 15 is 0 Å². The average Bonchev–Trinajstić information content (AvgIpc) is 2.96. The minimum absolute atomic E-state index is 0.0257. The average molecular weight is 360 g/mol. The van der Waals surface area contributed by atoms with Crippen LogP contribution in [-0.4, -0.2) is 10.9 Å². The molecule has 2 heterocycles. The summed E-state index contributed by atoms with van der Waals surface area (Å²) in [7, 11) is 0. The van der Waals surface area contributed by atoms with Gasteiger partial charge in [-0.1, -0.05) is 32.6 Å². The Morgan fingerprint density at radius 1 is 1.26 bits per heavy atom. The van der Waals surface area contributed by atoms with Crippen LogP contribution >= 0.6 is 0 Å². The molecule has 0 saturated heterocycles. The van der Waals surface area contributed by atoms with Gasteiger partial charge in [0.2, 0.25) is 0 Å². The predicted molar refractivity (Wildman–Crippen MR) is 107 cm³/mol. The Hall–Kier alpha value is -3.01.